The predicted molar refractivity (Wildman–Crippen MR) is 77.0 cm³/mol. The molecule has 108 valence electrons. The highest BCUT2D eigenvalue weighted by Crippen LogP contribution is 2.32. The molecule has 0 fully saturated rings. The van der Waals surface area contributed by atoms with Gasteiger partial charge in [-0.05, 0) is 18.1 Å². The third kappa shape index (κ3) is 2.61. The molecule has 1 aromatic rings. The molecule has 5 nitrogen and oxygen atoms in total. The van der Waals surface area contributed by atoms with Crippen LogP contribution in [0.4, 0.5) is 10.5 Å². The molecule has 2 rings (SSSR count). The van der Waals surface area contributed by atoms with Crippen LogP contribution in [0.3, 0.4) is 0 Å². The Balaban J connectivity index is 2.26. The van der Waals surface area contributed by atoms with Crippen molar-refractivity contribution < 1.29 is 14.7 Å². The smallest absolute Gasteiger partial charge is 0.327 e. The van der Waals surface area contributed by atoms with Crippen molar-refractivity contribution in [3.8, 4) is 0 Å². The number of hydrogen-bond acceptors (Lipinski definition) is 2. The Bertz CT molecular complexity index is 516. The minimum absolute atomic E-state index is 0.240. The fraction of sp³-hybridized carbons (Fsp3) is 0.467. The molecule has 1 unspecified atom stereocenters. The molecule has 1 aromatic carbocycles. The number of para-hydroxylation sites is 1. The SMILES string of the molecule is CCCCN(C)C(=O)N1c2ccccc2CC1C(=O)O. The predicted octanol–water partition coefficient (Wildman–Crippen LogP) is 2.35. The van der Waals surface area contributed by atoms with E-state index < -0.39 is 12.0 Å². The van der Waals surface area contributed by atoms with Gasteiger partial charge in [-0.3, -0.25) is 4.90 Å². The van der Waals surface area contributed by atoms with Crippen LogP contribution in [0.25, 0.3) is 0 Å². The quantitative estimate of drug-likeness (QED) is 0.918. The van der Waals surface area contributed by atoms with Crippen LogP contribution < -0.4 is 4.90 Å². The van der Waals surface area contributed by atoms with Gasteiger partial charge in [0.1, 0.15) is 6.04 Å². The van der Waals surface area contributed by atoms with Crippen LogP contribution in [0.15, 0.2) is 24.3 Å². The zero-order chi connectivity index (χ0) is 14.7. The van der Waals surface area contributed by atoms with Gasteiger partial charge in [0.25, 0.3) is 0 Å². The van der Waals surface area contributed by atoms with Gasteiger partial charge in [-0.15, -0.1) is 0 Å². The highest BCUT2D eigenvalue weighted by atomic mass is 16.4. The second-order valence-corrected chi connectivity index (χ2v) is 5.11. The average Bonchev–Trinajstić information content (AvgIpc) is 2.83. The van der Waals surface area contributed by atoms with Crippen LogP contribution >= 0.6 is 0 Å². The average molecular weight is 276 g/mol. The highest BCUT2D eigenvalue weighted by molar-refractivity contribution is 6.00. The molecule has 2 amide bonds. The number of aliphatic carboxylic acids is 1. The first-order valence-corrected chi connectivity index (χ1v) is 6.91. The van der Waals surface area contributed by atoms with E-state index >= 15 is 0 Å². The second kappa shape index (κ2) is 5.94. The largest absolute Gasteiger partial charge is 0.480 e. The fourth-order valence-electron chi connectivity index (χ4n) is 2.49. The Hall–Kier alpha value is -2.04. The van der Waals surface area contributed by atoms with Crippen molar-refractivity contribution in [1.29, 1.82) is 0 Å². The first-order valence-electron chi connectivity index (χ1n) is 6.91. The molecule has 1 atom stereocenters. The van der Waals surface area contributed by atoms with Gasteiger partial charge < -0.3 is 10.0 Å². The maximum absolute atomic E-state index is 12.5. The van der Waals surface area contributed by atoms with Crippen molar-refractivity contribution in [3.05, 3.63) is 29.8 Å². The molecule has 1 aliphatic rings. The van der Waals surface area contributed by atoms with Crippen molar-refractivity contribution in [1.82, 2.24) is 4.90 Å². The normalized spacial score (nSPS) is 16.9. The molecule has 1 N–H and O–H groups in total. The van der Waals surface area contributed by atoms with Crippen LogP contribution in [-0.2, 0) is 11.2 Å². The summed E-state index contributed by atoms with van der Waals surface area (Å²) >= 11 is 0. The molecule has 0 bridgehead atoms. The maximum atomic E-state index is 12.5. The molecule has 0 saturated carbocycles. The van der Waals surface area contributed by atoms with E-state index in [0.717, 1.165) is 18.4 Å². The highest BCUT2D eigenvalue weighted by Gasteiger charge is 2.39. The zero-order valence-electron chi connectivity index (χ0n) is 11.9. The van der Waals surface area contributed by atoms with Crippen molar-refractivity contribution in [2.24, 2.45) is 0 Å². The summed E-state index contributed by atoms with van der Waals surface area (Å²) in [4.78, 5) is 26.9. The van der Waals surface area contributed by atoms with E-state index in [9.17, 15) is 14.7 Å². The Kier molecular flexibility index (Phi) is 4.27. The lowest BCUT2D eigenvalue weighted by atomic mass is 10.1. The van der Waals surface area contributed by atoms with Gasteiger partial charge in [-0.1, -0.05) is 31.5 Å². The van der Waals surface area contributed by atoms with E-state index in [-0.39, 0.29) is 6.03 Å². The maximum Gasteiger partial charge on any atom is 0.327 e. The summed E-state index contributed by atoms with van der Waals surface area (Å²) in [5.41, 5.74) is 1.63. The molecule has 0 radical (unpaired) electrons. The number of rotatable bonds is 4. The van der Waals surface area contributed by atoms with Crippen LogP contribution in [0, 0.1) is 0 Å². The van der Waals surface area contributed by atoms with Gasteiger partial charge in [0.15, 0.2) is 0 Å². The number of carboxylic acids is 1. The first kappa shape index (κ1) is 14.4. The summed E-state index contributed by atoms with van der Waals surface area (Å²) in [7, 11) is 1.72. The molecule has 0 spiro atoms. The lowest BCUT2D eigenvalue weighted by molar-refractivity contribution is -0.138. The Morgan fingerprint density at radius 1 is 1.40 bits per heavy atom. The molecule has 0 aromatic heterocycles. The number of carbonyl (C=O) groups is 2. The van der Waals surface area contributed by atoms with Gasteiger partial charge >= 0.3 is 12.0 Å². The summed E-state index contributed by atoms with van der Waals surface area (Å²) in [6.45, 7) is 2.70. The minimum Gasteiger partial charge on any atom is -0.480 e. The molecule has 5 heteroatoms. The van der Waals surface area contributed by atoms with Gasteiger partial charge in [-0.2, -0.15) is 0 Å². The first-order chi connectivity index (χ1) is 9.56. The van der Waals surface area contributed by atoms with E-state index in [2.05, 4.69) is 6.92 Å². The summed E-state index contributed by atoms with van der Waals surface area (Å²) in [6.07, 6.45) is 2.28. The lowest BCUT2D eigenvalue weighted by Gasteiger charge is -2.28. The van der Waals surface area contributed by atoms with Gasteiger partial charge in [0.2, 0.25) is 0 Å². The Morgan fingerprint density at radius 3 is 2.75 bits per heavy atom. The number of fused-ring (bicyclic) bond motifs is 1. The monoisotopic (exact) mass is 276 g/mol. The third-order valence-electron chi connectivity index (χ3n) is 3.64. The lowest BCUT2D eigenvalue weighted by Crippen LogP contribution is -2.48. The Labute approximate surface area is 118 Å². The number of nitrogens with zero attached hydrogens (tertiary/aromatic N) is 2. The van der Waals surface area contributed by atoms with Gasteiger partial charge in [-0.25, -0.2) is 9.59 Å². The number of amides is 2. The van der Waals surface area contributed by atoms with Crippen molar-refractivity contribution in [3.63, 3.8) is 0 Å². The number of carboxylic acid groups (broad SMARTS) is 1. The molecule has 20 heavy (non-hydrogen) atoms. The number of hydrogen-bond donors (Lipinski definition) is 1. The van der Waals surface area contributed by atoms with Gasteiger partial charge in [0, 0.05) is 25.7 Å². The molecule has 1 heterocycles. The van der Waals surface area contributed by atoms with E-state index in [0.29, 0.717) is 18.7 Å². The summed E-state index contributed by atoms with van der Waals surface area (Å²) in [5.74, 6) is -0.960. The van der Waals surface area contributed by atoms with E-state index in [1.54, 1.807) is 11.9 Å². The second-order valence-electron chi connectivity index (χ2n) is 5.11. The van der Waals surface area contributed by atoms with Crippen molar-refractivity contribution >= 4 is 17.7 Å². The molecule has 1 aliphatic heterocycles. The fourth-order valence-corrected chi connectivity index (χ4v) is 2.49. The number of anilines is 1. The van der Waals surface area contributed by atoms with Crippen LogP contribution in [-0.4, -0.2) is 41.6 Å². The standard InChI is InChI=1S/C15H20N2O3/c1-3-4-9-16(2)15(20)17-12-8-6-5-7-11(12)10-13(17)14(18)19/h5-8,13H,3-4,9-10H2,1-2H3,(H,18,19). The molecule has 0 saturated heterocycles. The zero-order valence-corrected chi connectivity index (χ0v) is 11.9. The number of carbonyl (C=O) groups excluding carboxylic acids is 1. The van der Waals surface area contributed by atoms with E-state index in [4.69, 9.17) is 0 Å². The Morgan fingerprint density at radius 2 is 2.10 bits per heavy atom. The van der Waals surface area contributed by atoms with Crippen LogP contribution in [0.5, 0.6) is 0 Å². The van der Waals surface area contributed by atoms with Crippen molar-refractivity contribution in [2.45, 2.75) is 32.2 Å². The topological polar surface area (TPSA) is 60.9 Å². The van der Waals surface area contributed by atoms with Crippen LogP contribution in [0.2, 0.25) is 0 Å². The number of urea groups is 1. The number of unbranched alkanes of at least 4 members (excludes halogenated alkanes) is 1. The summed E-state index contributed by atoms with van der Waals surface area (Å²) in [5, 5.41) is 9.35. The van der Waals surface area contributed by atoms with Crippen LogP contribution in [0.1, 0.15) is 25.3 Å². The van der Waals surface area contributed by atoms with Gasteiger partial charge in [0.05, 0.1) is 0 Å². The van der Waals surface area contributed by atoms with E-state index in [1.807, 2.05) is 24.3 Å². The minimum atomic E-state index is -0.960. The third-order valence-corrected chi connectivity index (χ3v) is 3.64. The van der Waals surface area contributed by atoms with E-state index in [1.165, 1.54) is 4.90 Å². The summed E-state index contributed by atoms with van der Waals surface area (Å²) in [6, 6.07) is 6.34. The number of benzene rings is 1. The van der Waals surface area contributed by atoms with Crippen molar-refractivity contribution in [2.75, 3.05) is 18.5 Å². The molecular formula is C15H20N2O3. The molecule has 0 aliphatic carbocycles. The summed E-state index contributed by atoms with van der Waals surface area (Å²) < 4.78 is 0. The molecular weight excluding hydrogens is 256 g/mol.